The summed E-state index contributed by atoms with van der Waals surface area (Å²) in [5.74, 6) is -2.11. The Morgan fingerprint density at radius 3 is 2.91 bits per heavy atom. The summed E-state index contributed by atoms with van der Waals surface area (Å²) < 4.78 is 26.1. The first-order chi connectivity index (χ1) is 10.5. The molecule has 0 unspecified atom stereocenters. The van der Waals surface area contributed by atoms with E-state index in [1.807, 2.05) is 6.92 Å². The molecule has 0 aliphatic carbocycles. The van der Waals surface area contributed by atoms with E-state index in [0.717, 1.165) is 31.6 Å². The molecule has 22 heavy (non-hydrogen) atoms. The first-order valence-corrected chi connectivity index (χ1v) is 7.98. The molecule has 2 heterocycles. The normalized spacial score (nSPS) is 16.1. The maximum Gasteiger partial charge on any atom is 0.241 e. The van der Waals surface area contributed by atoms with Crippen LogP contribution in [0.15, 0.2) is 29.6 Å². The summed E-state index contributed by atoms with van der Waals surface area (Å²) in [6, 6.07) is 5.12. The summed E-state index contributed by atoms with van der Waals surface area (Å²) in [6.45, 7) is 3.39. The number of thiophene rings is 1. The highest BCUT2D eigenvalue weighted by atomic mass is 32.1. The molecule has 1 amide bonds. The van der Waals surface area contributed by atoms with Crippen LogP contribution in [-0.2, 0) is 17.8 Å². The van der Waals surface area contributed by atoms with Crippen LogP contribution in [0.3, 0.4) is 0 Å². The number of hydrogen-bond acceptors (Lipinski definition) is 3. The molecular weight excluding hydrogens is 306 g/mol. The van der Waals surface area contributed by atoms with Gasteiger partial charge in [0.1, 0.15) is 0 Å². The fourth-order valence-electron chi connectivity index (χ4n) is 2.59. The number of nitrogens with zero attached hydrogens (tertiary/aromatic N) is 1. The topological polar surface area (TPSA) is 32.3 Å². The zero-order valence-corrected chi connectivity index (χ0v) is 12.9. The molecule has 3 rings (SSSR count). The molecule has 2 aromatic rings. The number of amides is 1. The van der Waals surface area contributed by atoms with Crippen LogP contribution in [0, 0.1) is 11.6 Å². The van der Waals surface area contributed by atoms with Crippen LogP contribution >= 0.6 is 11.3 Å². The van der Waals surface area contributed by atoms with Gasteiger partial charge >= 0.3 is 0 Å². The predicted octanol–water partition coefficient (Wildman–Crippen LogP) is 3.41. The number of halogens is 2. The molecule has 1 aliphatic heterocycles. The first kappa shape index (κ1) is 15.1. The van der Waals surface area contributed by atoms with Gasteiger partial charge in [-0.15, -0.1) is 11.3 Å². The summed E-state index contributed by atoms with van der Waals surface area (Å²) in [4.78, 5) is 15.8. The number of rotatable bonds is 3. The van der Waals surface area contributed by atoms with Crippen LogP contribution in [-0.4, -0.2) is 23.4 Å². The smallest absolute Gasteiger partial charge is 0.241 e. The molecule has 1 N–H and O–H groups in total. The molecule has 1 aromatic carbocycles. The number of anilines is 1. The molecule has 0 saturated heterocycles. The van der Waals surface area contributed by atoms with E-state index in [1.165, 1.54) is 16.5 Å². The van der Waals surface area contributed by atoms with Crippen LogP contribution in [0.1, 0.15) is 17.4 Å². The van der Waals surface area contributed by atoms with Crippen LogP contribution < -0.4 is 5.32 Å². The van der Waals surface area contributed by atoms with E-state index < -0.39 is 11.6 Å². The number of hydrogen-bond donors (Lipinski definition) is 1. The molecule has 0 spiro atoms. The van der Waals surface area contributed by atoms with Gasteiger partial charge in [0.2, 0.25) is 5.91 Å². The average Bonchev–Trinajstić information content (AvgIpc) is 2.97. The van der Waals surface area contributed by atoms with E-state index >= 15 is 0 Å². The molecular formula is C16H16F2N2OS. The van der Waals surface area contributed by atoms with Gasteiger partial charge in [-0.25, -0.2) is 8.78 Å². The quantitative estimate of drug-likeness (QED) is 0.939. The highest BCUT2D eigenvalue weighted by molar-refractivity contribution is 7.10. The zero-order valence-electron chi connectivity index (χ0n) is 12.1. The van der Waals surface area contributed by atoms with Crippen molar-refractivity contribution in [1.29, 1.82) is 0 Å². The van der Waals surface area contributed by atoms with Gasteiger partial charge in [0.05, 0.1) is 6.04 Å². The maximum atomic E-state index is 13.2. The molecule has 116 valence electrons. The Hall–Kier alpha value is -1.79. The van der Waals surface area contributed by atoms with Crippen molar-refractivity contribution >= 4 is 22.9 Å². The Morgan fingerprint density at radius 1 is 1.32 bits per heavy atom. The van der Waals surface area contributed by atoms with Crippen LogP contribution in [0.4, 0.5) is 14.5 Å². The van der Waals surface area contributed by atoms with Crippen molar-refractivity contribution in [2.24, 2.45) is 0 Å². The lowest BCUT2D eigenvalue weighted by Crippen LogP contribution is -2.44. The molecule has 1 atom stereocenters. The number of benzene rings is 1. The molecule has 1 aliphatic rings. The highest BCUT2D eigenvalue weighted by Gasteiger charge is 2.26. The SMILES string of the molecule is C[C@H](C(=O)Nc1ccc(F)c(F)c1)N1CCc2sccc2C1. The molecule has 1 aromatic heterocycles. The third kappa shape index (κ3) is 3.03. The standard InChI is InChI=1S/C16H16F2N2OS/c1-10(20-6-4-15-11(9-20)5-7-22-15)16(21)19-12-2-3-13(17)14(18)8-12/h2-3,5,7-8,10H,4,6,9H2,1H3,(H,19,21)/t10-/m1/s1. The van der Waals surface area contributed by atoms with Gasteiger partial charge in [0, 0.05) is 29.7 Å². The van der Waals surface area contributed by atoms with Gasteiger partial charge in [-0.1, -0.05) is 0 Å². The Bertz CT molecular complexity index is 701. The third-order valence-corrected chi connectivity index (χ3v) is 4.97. The summed E-state index contributed by atoms with van der Waals surface area (Å²) >= 11 is 1.75. The lowest BCUT2D eigenvalue weighted by molar-refractivity contribution is -0.121. The van der Waals surface area contributed by atoms with Crippen molar-refractivity contribution in [2.75, 3.05) is 11.9 Å². The first-order valence-electron chi connectivity index (χ1n) is 7.10. The molecule has 0 bridgehead atoms. The summed E-state index contributed by atoms with van der Waals surface area (Å²) in [7, 11) is 0. The van der Waals surface area contributed by atoms with Crippen LogP contribution in [0.5, 0.6) is 0 Å². The average molecular weight is 322 g/mol. The van der Waals surface area contributed by atoms with Crippen LogP contribution in [0.2, 0.25) is 0 Å². The molecule has 3 nitrogen and oxygen atoms in total. The van der Waals surface area contributed by atoms with Crippen molar-refractivity contribution in [2.45, 2.75) is 25.9 Å². The second kappa shape index (κ2) is 6.14. The second-order valence-corrected chi connectivity index (χ2v) is 6.38. The molecule has 0 saturated carbocycles. The number of fused-ring (bicyclic) bond motifs is 1. The summed E-state index contributed by atoms with van der Waals surface area (Å²) in [5.41, 5.74) is 1.53. The number of carbonyl (C=O) groups is 1. The molecule has 0 fully saturated rings. The van der Waals surface area contributed by atoms with Crippen molar-refractivity contribution in [3.8, 4) is 0 Å². The molecule has 6 heteroatoms. The van der Waals surface area contributed by atoms with Gasteiger partial charge in [-0.2, -0.15) is 0 Å². The van der Waals surface area contributed by atoms with Crippen molar-refractivity contribution in [3.63, 3.8) is 0 Å². The van der Waals surface area contributed by atoms with Gasteiger partial charge in [-0.05, 0) is 42.5 Å². The minimum absolute atomic E-state index is 0.218. The van der Waals surface area contributed by atoms with Crippen molar-refractivity contribution < 1.29 is 13.6 Å². The summed E-state index contributed by atoms with van der Waals surface area (Å²) in [5, 5.41) is 4.71. The number of carbonyl (C=O) groups excluding carboxylic acids is 1. The Labute approximate surface area is 131 Å². The monoisotopic (exact) mass is 322 g/mol. The fraction of sp³-hybridized carbons (Fsp3) is 0.312. The fourth-order valence-corrected chi connectivity index (χ4v) is 3.48. The van der Waals surface area contributed by atoms with E-state index in [-0.39, 0.29) is 17.6 Å². The van der Waals surface area contributed by atoms with Gasteiger partial charge in [0.15, 0.2) is 11.6 Å². The minimum Gasteiger partial charge on any atom is -0.325 e. The van der Waals surface area contributed by atoms with E-state index in [0.29, 0.717) is 0 Å². The largest absolute Gasteiger partial charge is 0.325 e. The zero-order chi connectivity index (χ0) is 15.7. The third-order valence-electron chi connectivity index (χ3n) is 3.95. The van der Waals surface area contributed by atoms with E-state index in [1.54, 1.807) is 11.3 Å². The van der Waals surface area contributed by atoms with Crippen LogP contribution in [0.25, 0.3) is 0 Å². The van der Waals surface area contributed by atoms with Crippen molar-refractivity contribution in [3.05, 3.63) is 51.7 Å². The second-order valence-electron chi connectivity index (χ2n) is 5.38. The maximum absolute atomic E-state index is 13.2. The lowest BCUT2D eigenvalue weighted by atomic mass is 10.1. The highest BCUT2D eigenvalue weighted by Crippen LogP contribution is 2.25. The van der Waals surface area contributed by atoms with E-state index in [2.05, 4.69) is 21.7 Å². The number of nitrogens with one attached hydrogen (secondary N) is 1. The van der Waals surface area contributed by atoms with Gasteiger partial charge in [-0.3, -0.25) is 9.69 Å². The Morgan fingerprint density at radius 2 is 2.14 bits per heavy atom. The van der Waals surface area contributed by atoms with E-state index in [4.69, 9.17) is 0 Å². The van der Waals surface area contributed by atoms with Gasteiger partial charge < -0.3 is 5.32 Å². The predicted molar refractivity (Wildman–Crippen MR) is 82.9 cm³/mol. The van der Waals surface area contributed by atoms with Crippen molar-refractivity contribution in [1.82, 2.24) is 4.90 Å². The Kier molecular flexibility index (Phi) is 4.22. The Balaban J connectivity index is 1.66. The van der Waals surface area contributed by atoms with E-state index in [9.17, 15) is 13.6 Å². The lowest BCUT2D eigenvalue weighted by Gasteiger charge is -2.31. The minimum atomic E-state index is -0.966. The van der Waals surface area contributed by atoms with Gasteiger partial charge in [0.25, 0.3) is 0 Å². The molecule has 0 radical (unpaired) electrons. The summed E-state index contributed by atoms with van der Waals surface area (Å²) in [6.07, 6.45) is 0.940.